The van der Waals surface area contributed by atoms with Crippen molar-refractivity contribution in [2.75, 3.05) is 7.11 Å². The summed E-state index contributed by atoms with van der Waals surface area (Å²) in [5.41, 5.74) is 1.15. The summed E-state index contributed by atoms with van der Waals surface area (Å²) in [5, 5.41) is 9.62. The molecule has 1 unspecified atom stereocenters. The average molecular weight is 218 g/mol. The summed E-state index contributed by atoms with van der Waals surface area (Å²) in [6.07, 6.45) is 9.34. The van der Waals surface area contributed by atoms with Crippen molar-refractivity contribution in [3.8, 4) is 11.5 Å². The van der Waals surface area contributed by atoms with Gasteiger partial charge in [-0.05, 0) is 37.0 Å². The van der Waals surface area contributed by atoms with Crippen LogP contribution in [0.25, 0.3) is 0 Å². The smallest absolute Gasteiger partial charge is 0.122 e. The Morgan fingerprint density at radius 2 is 2.12 bits per heavy atom. The third-order valence-corrected chi connectivity index (χ3v) is 3.08. The fourth-order valence-corrected chi connectivity index (χ4v) is 2.20. The molecule has 0 saturated heterocycles. The monoisotopic (exact) mass is 218 g/mol. The quantitative estimate of drug-likeness (QED) is 0.768. The first-order chi connectivity index (χ1) is 7.79. The molecule has 0 heterocycles. The highest BCUT2D eigenvalue weighted by Gasteiger charge is 2.12. The maximum atomic E-state index is 9.62. The lowest BCUT2D eigenvalue weighted by molar-refractivity contribution is 0.406. The first-order valence-corrected chi connectivity index (χ1v) is 5.84. The highest BCUT2D eigenvalue weighted by molar-refractivity contribution is 5.40. The van der Waals surface area contributed by atoms with E-state index in [0.29, 0.717) is 5.92 Å². The van der Waals surface area contributed by atoms with E-state index in [1.165, 1.54) is 19.3 Å². The predicted molar refractivity (Wildman–Crippen MR) is 65.0 cm³/mol. The summed E-state index contributed by atoms with van der Waals surface area (Å²) < 4.78 is 5.17. The molecule has 1 atom stereocenters. The molecule has 86 valence electrons. The molecule has 1 aliphatic rings. The van der Waals surface area contributed by atoms with Gasteiger partial charge in [-0.2, -0.15) is 0 Å². The molecular formula is C14H18O2. The van der Waals surface area contributed by atoms with E-state index in [9.17, 15) is 5.11 Å². The zero-order chi connectivity index (χ0) is 11.4. The topological polar surface area (TPSA) is 29.5 Å². The molecule has 0 bridgehead atoms. The molecule has 2 heteroatoms. The highest BCUT2D eigenvalue weighted by atomic mass is 16.5. The Morgan fingerprint density at radius 1 is 1.25 bits per heavy atom. The largest absolute Gasteiger partial charge is 0.508 e. The van der Waals surface area contributed by atoms with Crippen LogP contribution in [0, 0.1) is 0 Å². The molecule has 0 aliphatic heterocycles. The van der Waals surface area contributed by atoms with Crippen LogP contribution in [0.4, 0.5) is 0 Å². The Balaban J connectivity index is 2.27. The molecule has 0 spiro atoms. The lowest BCUT2D eigenvalue weighted by atomic mass is 9.94. The van der Waals surface area contributed by atoms with Gasteiger partial charge >= 0.3 is 0 Å². The lowest BCUT2D eigenvalue weighted by Crippen LogP contribution is -1.95. The molecule has 16 heavy (non-hydrogen) atoms. The van der Waals surface area contributed by atoms with Crippen molar-refractivity contribution in [3.05, 3.63) is 35.9 Å². The minimum atomic E-state index is 0.284. The number of aromatic hydroxyl groups is 1. The van der Waals surface area contributed by atoms with Gasteiger partial charge in [-0.25, -0.2) is 0 Å². The minimum absolute atomic E-state index is 0.284. The molecule has 1 N–H and O–H groups in total. The van der Waals surface area contributed by atoms with Crippen LogP contribution in [0.3, 0.4) is 0 Å². The molecule has 0 aromatic heterocycles. The fourth-order valence-electron chi connectivity index (χ4n) is 2.20. The third-order valence-electron chi connectivity index (χ3n) is 3.08. The molecule has 1 aromatic carbocycles. The van der Waals surface area contributed by atoms with Gasteiger partial charge in [0.15, 0.2) is 0 Å². The summed E-state index contributed by atoms with van der Waals surface area (Å²) in [6, 6.07) is 5.49. The van der Waals surface area contributed by atoms with E-state index >= 15 is 0 Å². The highest BCUT2D eigenvalue weighted by Crippen LogP contribution is 2.32. The Labute approximate surface area is 96.6 Å². The second kappa shape index (κ2) is 5.06. The Hall–Kier alpha value is -1.44. The predicted octanol–water partition coefficient (Wildman–Crippen LogP) is 3.61. The number of phenols is 1. The van der Waals surface area contributed by atoms with Gasteiger partial charge < -0.3 is 9.84 Å². The van der Waals surface area contributed by atoms with Gasteiger partial charge in [0.25, 0.3) is 0 Å². The number of ether oxygens (including phenoxy) is 1. The molecule has 1 aliphatic carbocycles. The molecule has 0 radical (unpaired) electrons. The number of hydrogen-bond donors (Lipinski definition) is 1. The van der Waals surface area contributed by atoms with Crippen molar-refractivity contribution < 1.29 is 9.84 Å². The molecule has 1 aromatic rings. The molecule has 2 rings (SSSR count). The van der Waals surface area contributed by atoms with Crippen LogP contribution in [0.5, 0.6) is 11.5 Å². The van der Waals surface area contributed by atoms with E-state index in [1.807, 2.05) is 12.1 Å². The van der Waals surface area contributed by atoms with Gasteiger partial charge in [0.2, 0.25) is 0 Å². The standard InChI is InChI=1S/C14H18O2/c1-16-14-9-12(8-13(15)10-14)11-6-4-2-3-5-7-11/h4,6,8-11,15H,2-3,5,7H2,1H3. The second-order valence-corrected chi connectivity index (χ2v) is 4.28. The van der Waals surface area contributed by atoms with Gasteiger partial charge in [-0.1, -0.05) is 18.6 Å². The Morgan fingerprint density at radius 3 is 2.94 bits per heavy atom. The van der Waals surface area contributed by atoms with E-state index in [0.717, 1.165) is 17.7 Å². The van der Waals surface area contributed by atoms with E-state index in [1.54, 1.807) is 13.2 Å². The average Bonchev–Trinajstić information content (AvgIpc) is 2.56. The summed E-state index contributed by atoms with van der Waals surface area (Å²) >= 11 is 0. The number of phenolic OH excluding ortho intramolecular Hbond substituents is 1. The SMILES string of the molecule is COc1cc(O)cc(C2C=CCCCC2)c1. The molecule has 0 saturated carbocycles. The summed E-state index contributed by atoms with van der Waals surface area (Å²) in [4.78, 5) is 0. The van der Waals surface area contributed by atoms with Crippen LogP contribution in [-0.4, -0.2) is 12.2 Å². The van der Waals surface area contributed by atoms with Crippen molar-refractivity contribution in [3.63, 3.8) is 0 Å². The molecule has 0 fully saturated rings. The van der Waals surface area contributed by atoms with E-state index in [4.69, 9.17) is 4.74 Å². The third kappa shape index (κ3) is 2.57. The van der Waals surface area contributed by atoms with E-state index < -0.39 is 0 Å². The first-order valence-electron chi connectivity index (χ1n) is 5.84. The lowest BCUT2D eigenvalue weighted by Gasteiger charge is -2.13. The first kappa shape index (κ1) is 11.1. The van der Waals surface area contributed by atoms with Gasteiger partial charge in [-0.3, -0.25) is 0 Å². The summed E-state index contributed by atoms with van der Waals surface area (Å²) in [6.45, 7) is 0. The minimum Gasteiger partial charge on any atom is -0.508 e. The fraction of sp³-hybridized carbons (Fsp3) is 0.429. The van der Waals surface area contributed by atoms with Gasteiger partial charge in [-0.15, -0.1) is 0 Å². The molecular weight excluding hydrogens is 200 g/mol. The zero-order valence-electron chi connectivity index (χ0n) is 9.65. The van der Waals surface area contributed by atoms with Crippen LogP contribution >= 0.6 is 0 Å². The van der Waals surface area contributed by atoms with Gasteiger partial charge in [0, 0.05) is 12.0 Å². The Bertz CT molecular complexity index is 382. The van der Waals surface area contributed by atoms with Crippen LogP contribution in [-0.2, 0) is 0 Å². The number of allylic oxidation sites excluding steroid dienone is 2. The Kier molecular flexibility index (Phi) is 3.50. The number of methoxy groups -OCH3 is 1. The van der Waals surface area contributed by atoms with Crippen LogP contribution in [0.15, 0.2) is 30.4 Å². The number of rotatable bonds is 2. The number of hydrogen-bond acceptors (Lipinski definition) is 2. The maximum absolute atomic E-state index is 9.62. The normalized spacial score (nSPS) is 20.4. The van der Waals surface area contributed by atoms with E-state index in [2.05, 4.69) is 12.2 Å². The van der Waals surface area contributed by atoms with Crippen molar-refractivity contribution >= 4 is 0 Å². The molecule has 0 amide bonds. The second-order valence-electron chi connectivity index (χ2n) is 4.28. The van der Waals surface area contributed by atoms with Crippen molar-refractivity contribution in [1.29, 1.82) is 0 Å². The van der Waals surface area contributed by atoms with Gasteiger partial charge in [0.1, 0.15) is 11.5 Å². The van der Waals surface area contributed by atoms with Crippen molar-refractivity contribution in [2.24, 2.45) is 0 Å². The maximum Gasteiger partial charge on any atom is 0.122 e. The van der Waals surface area contributed by atoms with Crippen molar-refractivity contribution in [1.82, 2.24) is 0 Å². The van der Waals surface area contributed by atoms with E-state index in [-0.39, 0.29) is 5.75 Å². The van der Waals surface area contributed by atoms with Crippen LogP contribution in [0.1, 0.15) is 37.2 Å². The van der Waals surface area contributed by atoms with Crippen LogP contribution in [0.2, 0.25) is 0 Å². The van der Waals surface area contributed by atoms with Crippen molar-refractivity contribution in [2.45, 2.75) is 31.6 Å². The van der Waals surface area contributed by atoms with Gasteiger partial charge in [0.05, 0.1) is 7.11 Å². The summed E-state index contributed by atoms with van der Waals surface area (Å²) in [5.74, 6) is 1.43. The summed E-state index contributed by atoms with van der Waals surface area (Å²) in [7, 11) is 1.63. The van der Waals surface area contributed by atoms with Crippen LogP contribution < -0.4 is 4.74 Å². The molecule has 2 nitrogen and oxygen atoms in total. The zero-order valence-corrected chi connectivity index (χ0v) is 9.65. The number of benzene rings is 1.